The summed E-state index contributed by atoms with van der Waals surface area (Å²) in [6, 6.07) is 16.8. The van der Waals surface area contributed by atoms with Gasteiger partial charge in [0.1, 0.15) is 23.1 Å². The molecule has 2 unspecified atom stereocenters. The summed E-state index contributed by atoms with van der Waals surface area (Å²) in [4.78, 5) is 6.97. The predicted octanol–water partition coefficient (Wildman–Crippen LogP) is 11.5. The van der Waals surface area contributed by atoms with Gasteiger partial charge in [-0.05, 0) is 117 Å². The van der Waals surface area contributed by atoms with Gasteiger partial charge < -0.3 is 19.7 Å². The van der Waals surface area contributed by atoms with E-state index in [1.165, 1.54) is 18.4 Å². The van der Waals surface area contributed by atoms with E-state index in [1.807, 2.05) is 31.6 Å². The molecule has 0 heterocycles. The molecule has 2 atom stereocenters. The number of nitrogens with zero attached hydrogens (tertiary/aromatic N) is 2. The summed E-state index contributed by atoms with van der Waals surface area (Å²) in [5.41, 5.74) is 7.59. The first kappa shape index (κ1) is 35.5. The van der Waals surface area contributed by atoms with Crippen LogP contribution in [-0.4, -0.2) is 19.5 Å². The van der Waals surface area contributed by atoms with Crippen LogP contribution in [0.15, 0.2) is 78.6 Å². The van der Waals surface area contributed by atoms with Gasteiger partial charge in [-0.25, -0.2) is 4.99 Å². The molecule has 0 aliphatic rings. The molecular formula is C40H55N3O2. The van der Waals surface area contributed by atoms with Gasteiger partial charge in [0.25, 0.3) is 0 Å². The fourth-order valence-corrected chi connectivity index (χ4v) is 5.25. The smallest absolute Gasteiger partial charge is 0.141 e. The molecule has 0 amide bonds. The first-order valence-electron chi connectivity index (χ1n) is 16.6. The van der Waals surface area contributed by atoms with Gasteiger partial charge in [0, 0.05) is 24.6 Å². The fraction of sp³-hybridized carbons (Fsp3) is 0.425. The monoisotopic (exact) mass is 609 g/mol. The third-order valence-corrected chi connectivity index (χ3v) is 8.37. The number of benzene rings is 3. The van der Waals surface area contributed by atoms with Crippen molar-refractivity contribution in [1.29, 1.82) is 0 Å². The molecule has 45 heavy (non-hydrogen) atoms. The van der Waals surface area contributed by atoms with Crippen LogP contribution >= 0.6 is 0 Å². The van der Waals surface area contributed by atoms with Crippen molar-refractivity contribution in [2.45, 2.75) is 93.4 Å². The Kier molecular flexibility index (Phi) is 13.8. The van der Waals surface area contributed by atoms with Gasteiger partial charge in [-0.3, -0.25) is 0 Å². The largest absolute Gasteiger partial charge is 0.492 e. The van der Waals surface area contributed by atoms with Crippen LogP contribution < -0.4 is 19.7 Å². The van der Waals surface area contributed by atoms with Crippen LogP contribution in [0, 0.1) is 26.7 Å². The number of rotatable bonds is 16. The molecule has 5 nitrogen and oxygen atoms in total. The zero-order valence-corrected chi connectivity index (χ0v) is 29.2. The third kappa shape index (κ3) is 9.75. The minimum atomic E-state index is 0.400. The molecule has 1 N–H and O–H groups in total. The van der Waals surface area contributed by atoms with Crippen molar-refractivity contribution >= 4 is 17.2 Å². The molecule has 0 saturated heterocycles. The number of hydrogen-bond donors (Lipinski definition) is 1. The van der Waals surface area contributed by atoms with Crippen LogP contribution in [0.4, 0.5) is 11.4 Å². The van der Waals surface area contributed by atoms with E-state index in [9.17, 15) is 0 Å². The van der Waals surface area contributed by atoms with Crippen molar-refractivity contribution in [2.24, 2.45) is 10.9 Å². The van der Waals surface area contributed by atoms with Gasteiger partial charge in [0.2, 0.25) is 0 Å². The Morgan fingerprint density at radius 1 is 0.978 bits per heavy atom. The fourth-order valence-electron chi connectivity index (χ4n) is 5.25. The number of anilines is 2. The maximum absolute atomic E-state index is 6.53. The van der Waals surface area contributed by atoms with Crippen molar-refractivity contribution in [1.82, 2.24) is 0 Å². The molecule has 0 aromatic heterocycles. The second-order valence-corrected chi connectivity index (χ2v) is 12.3. The van der Waals surface area contributed by atoms with Crippen LogP contribution in [-0.2, 0) is 0 Å². The minimum absolute atomic E-state index is 0.400. The Morgan fingerprint density at radius 2 is 1.73 bits per heavy atom. The number of allylic oxidation sites excluding steroid dienone is 1. The molecule has 3 rings (SSSR count). The maximum atomic E-state index is 6.53. The molecule has 3 aromatic carbocycles. The Hall–Kier alpha value is -3.99. The van der Waals surface area contributed by atoms with E-state index in [1.54, 1.807) is 0 Å². The van der Waals surface area contributed by atoms with Crippen molar-refractivity contribution in [3.05, 3.63) is 101 Å². The lowest BCUT2D eigenvalue weighted by Gasteiger charge is -2.23. The molecule has 0 radical (unpaired) electrons. The molecule has 0 aliphatic heterocycles. The second kappa shape index (κ2) is 17.5. The number of aliphatic imine (C=N–C) groups is 1. The van der Waals surface area contributed by atoms with Crippen LogP contribution in [0.5, 0.6) is 17.2 Å². The summed E-state index contributed by atoms with van der Waals surface area (Å²) >= 11 is 0. The van der Waals surface area contributed by atoms with Crippen molar-refractivity contribution in [3.63, 3.8) is 0 Å². The predicted molar refractivity (Wildman–Crippen MR) is 195 cm³/mol. The lowest BCUT2D eigenvalue weighted by molar-refractivity contribution is 0.248. The summed E-state index contributed by atoms with van der Waals surface area (Å²) < 4.78 is 13.0. The quantitative estimate of drug-likeness (QED) is 0.130. The molecule has 0 bridgehead atoms. The molecule has 0 aliphatic carbocycles. The van der Waals surface area contributed by atoms with E-state index in [0.29, 0.717) is 18.4 Å². The van der Waals surface area contributed by atoms with E-state index >= 15 is 0 Å². The van der Waals surface area contributed by atoms with Crippen molar-refractivity contribution < 1.29 is 9.47 Å². The van der Waals surface area contributed by atoms with Gasteiger partial charge in [-0.2, -0.15) is 0 Å². The van der Waals surface area contributed by atoms with Crippen molar-refractivity contribution in [2.75, 3.05) is 23.9 Å². The Bertz CT molecular complexity index is 1470. The van der Waals surface area contributed by atoms with Crippen molar-refractivity contribution in [3.8, 4) is 17.2 Å². The van der Waals surface area contributed by atoms with E-state index in [2.05, 4.69) is 115 Å². The van der Waals surface area contributed by atoms with E-state index < -0.39 is 0 Å². The molecule has 5 heteroatoms. The highest BCUT2D eigenvalue weighted by Crippen LogP contribution is 2.36. The first-order valence-corrected chi connectivity index (χ1v) is 16.6. The zero-order chi connectivity index (χ0) is 32.9. The van der Waals surface area contributed by atoms with Crippen LogP contribution in [0.2, 0.25) is 0 Å². The molecule has 0 saturated carbocycles. The highest BCUT2D eigenvalue weighted by molar-refractivity contribution is 6.11. The van der Waals surface area contributed by atoms with E-state index in [-0.39, 0.29) is 0 Å². The number of unbranched alkanes of at least 4 members (excludes halogenated alkanes) is 1. The molecule has 3 aromatic rings. The highest BCUT2D eigenvalue weighted by atomic mass is 16.5. The second-order valence-electron chi connectivity index (χ2n) is 12.3. The SMILES string of the molecule is C=CN(C)c1ccc(Oc2ccc(NC(=N/C=C/CC)c3c(C)ccc(C)c3OCC(C)CCCC)cc2C)cc1C(C)CC. The zero-order valence-electron chi connectivity index (χ0n) is 29.2. The number of amidine groups is 1. The standard InChI is InChI=1S/C40H55N3O2/c1-11-15-17-28(5)27-44-39-31(8)19-18-30(7)38(39)40(41-24-16-12-2)42-33-20-23-37(32(9)25-33)45-34-21-22-36(43(10)14-4)35(26-34)29(6)13-3/h14,16,18-26,28-29H,4,11-13,15,17,27H2,1-3,5-10H3,(H,41,42)/b24-16+. The van der Waals surface area contributed by atoms with Gasteiger partial charge in [-0.15, -0.1) is 0 Å². The first-order chi connectivity index (χ1) is 21.6. The van der Waals surface area contributed by atoms with Gasteiger partial charge in [0.05, 0.1) is 12.2 Å². The average molecular weight is 610 g/mol. The van der Waals surface area contributed by atoms with Gasteiger partial charge in [0.15, 0.2) is 0 Å². The lowest BCUT2D eigenvalue weighted by Crippen LogP contribution is -2.19. The topological polar surface area (TPSA) is 46.1 Å². The molecule has 242 valence electrons. The number of nitrogens with one attached hydrogen (secondary N) is 1. The number of ether oxygens (including phenoxy) is 2. The van der Waals surface area contributed by atoms with E-state index in [4.69, 9.17) is 14.5 Å². The Labute approximate surface area is 273 Å². The summed E-state index contributed by atoms with van der Waals surface area (Å²) in [5.74, 6) is 4.20. The normalized spacial score (nSPS) is 13.0. The van der Waals surface area contributed by atoms with Gasteiger partial charge >= 0.3 is 0 Å². The third-order valence-electron chi connectivity index (χ3n) is 8.37. The number of aryl methyl sites for hydroxylation is 3. The summed E-state index contributed by atoms with van der Waals surface area (Å²) in [6.07, 6.45) is 11.3. The summed E-state index contributed by atoms with van der Waals surface area (Å²) in [5, 5.41) is 3.62. The number of hydrogen-bond acceptors (Lipinski definition) is 4. The average Bonchev–Trinajstić information content (AvgIpc) is 3.04. The molecular weight excluding hydrogens is 554 g/mol. The highest BCUT2D eigenvalue weighted by Gasteiger charge is 2.19. The Balaban J connectivity index is 1.93. The summed E-state index contributed by atoms with van der Waals surface area (Å²) in [6.45, 7) is 22.0. The van der Waals surface area contributed by atoms with Gasteiger partial charge in [-0.1, -0.05) is 72.2 Å². The van der Waals surface area contributed by atoms with Crippen LogP contribution in [0.3, 0.4) is 0 Å². The van der Waals surface area contributed by atoms with Crippen LogP contribution in [0.1, 0.15) is 100 Å². The lowest BCUT2D eigenvalue weighted by atomic mass is 9.96. The van der Waals surface area contributed by atoms with Crippen LogP contribution in [0.25, 0.3) is 0 Å². The minimum Gasteiger partial charge on any atom is -0.492 e. The summed E-state index contributed by atoms with van der Waals surface area (Å²) in [7, 11) is 2.03. The maximum Gasteiger partial charge on any atom is 0.141 e. The molecule has 0 fully saturated rings. The van der Waals surface area contributed by atoms with E-state index in [0.717, 1.165) is 76.0 Å². The molecule has 0 spiro atoms. The Morgan fingerprint density at radius 3 is 2.40 bits per heavy atom.